The maximum atomic E-state index is 12.5. The topological polar surface area (TPSA) is 52.8 Å². The Morgan fingerprint density at radius 2 is 1.55 bits per heavy atom. The highest BCUT2D eigenvalue weighted by Gasteiger charge is 2.34. The Hall–Kier alpha value is -1.23. The van der Waals surface area contributed by atoms with Crippen LogP contribution in [0, 0.1) is 0 Å². The number of amides is 1. The van der Waals surface area contributed by atoms with Crippen molar-refractivity contribution in [2.45, 2.75) is 72.6 Å². The second-order valence-corrected chi connectivity index (χ2v) is 5.86. The summed E-state index contributed by atoms with van der Waals surface area (Å²) in [5.41, 5.74) is 7.65. The lowest BCUT2D eigenvalue weighted by molar-refractivity contribution is -0.190. The minimum absolute atomic E-state index is 0.0414. The zero-order chi connectivity index (χ0) is 16.5. The number of nitrogens with two attached hydrogens (primary N) is 1. The molecule has 5 nitrogen and oxygen atoms in total. The Kier molecular flexibility index (Phi) is 8.31. The van der Waals surface area contributed by atoms with E-state index >= 15 is 0 Å². The maximum Gasteiger partial charge on any atom is 0.287 e. The second-order valence-electron chi connectivity index (χ2n) is 5.86. The number of allylic oxidation sites excluding steroid dienone is 1. The summed E-state index contributed by atoms with van der Waals surface area (Å²) in [6, 6.07) is 0. The van der Waals surface area contributed by atoms with E-state index in [1.165, 1.54) is 19.3 Å². The van der Waals surface area contributed by atoms with Gasteiger partial charge in [-0.2, -0.15) is 0 Å². The summed E-state index contributed by atoms with van der Waals surface area (Å²) in [7, 11) is 0. The van der Waals surface area contributed by atoms with Crippen molar-refractivity contribution in [3.8, 4) is 0 Å². The van der Waals surface area contributed by atoms with Gasteiger partial charge in [0, 0.05) is 19.6 Å². The number of hydrazine groups is 2. The van der Waals surface area contributed by atoms with Gasteiger partial charge in [-0.1, -0.05) is 39.5 Å². The van der Waals surface area contributed by atoms with Gasteiger partial charge in [0.05, 0.1) is 5.70 Å². The van der Waals surface area contributed by atoms with Crippen LogP contribution in [-0.2, 0) is 4.79 Å². The van der Waals surface area contributed by atoms with E-state index in [1.54, 1.807) is 5.01 Å². The van der Waals surface area contributed by atoms with Gasteiger partial charge in [0.2, 0.25) is 0 Å². The number of hydrogen-bond donors (Lipinski definition) is 1. The molecule has 0 aromatic carbocycles. The molecule has 0 saturated carbocycles. The van der Waals surface area contributed by atoms with Crippen LogP contribution >= 0.6 is 0 Å². The van der Waals surface area contributed by atoms with Crippen LogP contribution < -0.4 is 5.73 Å². The molecule has 22 heavy (non-hydrogen) atoms. The molecule has 0 spiro atoms. The fourth-order valence-corrected chi connectivity index (χ4v) is 2.97. The molecule has 1 heterocycles. The van der Waals surface area contributed by atoms with E-state index < -0.39 is 0 Å². The monoisotopic (exact) mass is 310 g/mol. The van der Waals surface area contributed by atoms with Crippen LogP contribution in [0.25, 0.3) is 0 Å². The molecule has 1 rings (SSSR count). The van der Waals surface area contributed by atoms with E-state index in [0.29, 0.717) is 12.2 Å². The van der Waals surface area contributed by atoms with Crippen molar-refractivity contribution in [2.75, 3.05) is 19.6 Å². The molecule has 0 bridgehead atoms. The van der Waals surface area contributed by atoms with Crippen molar-refractivity contribution in [3.63, 3.8) is 0 Å². The van der Waals surface area contributed by atoms with Crippen molar-refractivity contribution in [1.29, 1.82) is 0 Å². The normalized spacial score (nSPS) is 16.8. The first-order chi connectivity index (χ1) is 10.6. The van der Waals surface area contributed by atoms with Gasteiger partial charge in [0.1, 0.15) is 5.70 Å². The van der Waals surface area contributed by atoms with Crippen LogP contribution in [-0.4, -0.2) is 40.7 Å². The lowest BCUT2D eigenvalue weighted by Crippen LogP contribution is -2.60. The highest BCUT2D eigenvalue weighted by molar-refractivity contribution is 5.93. The summed E-state index contributed by atoms with van der Waals surface area (Å²) >= 11 is 0. The number of unbranched alkanes of at least 4 members (excludes halogenated alkanes) is 4. The molecule has 1 aliphatic heterocycles. The molecule has 2 N–H and O–H groups in total. The lowest BCUT2D eigenvalue weighted by atomic mass is 10.1. The van der Waals surface area contributed by atoms with Gasteiger partial charge in [-0.15, -0.1) is 5.12 Å². The number of likely N-dealkylation sites (N-methyl/N-ethyl adjacent to an activating group) is 1. The summed E-state index contributed by atoms with van der Waals surface area (Å²) in [5, 5.41) is 6.10. The van der Waals surface area contributed by atoms with Crippen LogP contribution in [0.1, 0.15) is 72.6 Å². The van der Waals surface area contributed by atoms with E-state index in [9.17, 15) is 4.79 Å². The van der Waals surface area contributed by atoms with E-state index in [1.807, 2.05) is 6.92 Å². The third kappa shape index (κ3) is 4.38. The first kappa shape index (κ1) is 18.8. The van der Waals surface area contributed by atoms with Crippen molar-refractivity contribution >= 4 is 5.91 Å². The van der Waals surface area contributed by atoms with Gasteiger partial charge < -0.3 is 5.73 Å². The zero-order valence-corrected chi connectivity index (χ0v) is 14.9. The Morgan fingerprint density at radius 1 is 0.864 bits per heavy atom. The maximum absolute atomic E-state index is 12.5. The highest BCUT2D eigenvalue weighted by Crippen LogP contribution is 2.26. The quantitative estimate of drug-likeness (QED) is 0.629. The lowest BCUT2D eigenvalue weighted by Gasteiger charge is -2.47. The van der Waals surface area contributed by atoms with E-state index in [2.05, 4.69) is 30.9 Å². The fourth-order valence-electron chi connectivity index (χ4n) is 2.97. The average Bonchev–Trinajstić information content (AvgIpc) is 2.53. The molecule has 128 valence electrons. The Bertz CT molecular complexity index is 381. The molecule has 0 unspecified atom stereocenters. The number of carbonyl (C=O) groups excluding carboxylic acids is 1. The second kappa shape index (κ2) is 9.72. The predicted molar refractivity (Wildman–Crippen MR) is 91.4 cm³/mol. The Labute approximate surface area is 136 Å². The van der Waals surface area contributed by atoms with Gasteiger partial charge in [-0.3, -0.25) is 14.8 Å². The van der Waals surface area contributed by atoms with E-state index in [-0.39, 0.29) is 5.91 Å². The number of hydrogen-bond acceptors (Lipinski definition) is 4. The first-order valence-corrected chi connectivity index (χ1v) is 8.97. The van der Waals surface area contributed by atoms with Crippen molar-refractivity contribution < 1.29 is 4.79 Å². The number of rotatable bonds is 10. The van der Waals surface area contributed by atoms with Gasteiger partial charge in [-0.25, -0.2) is 0 Å². The largest absolute Gasteiger partial charge is 0.393 e. The molecule has 0 saturated heterocycles. The summed E-state index contributed by atoms with van der Waals surface area (Å²) in [6.45, 7) is 10.9. The third-order valence-corrected chi connectivity index (χ3v) is 4.22. The van der Waals surface area contributed by atoms with Crippen molar-refractivity contribution in [1.82, 2.24) is 15.1 Å². The molecule has 0 atom stereocenters. The van der Waals surface area contributed by atoms with Crippen LogP contribution in [0.4, 0.5) is 0 Å². The average molecular weight is 310 g/mol. The fraction of sp³-hybridized carbons (Fsp3) is 0.824. The van der Waals surface area contributed by atoms with Crippen molar-refractivity contribution in [3.05, 3.63) is 11.4 Å². The Balaban J connectivity index is 2.96. The van der Waals surface area contributed by atoms with Crippen LogP contribution in [0.3, 0.4) is 0 Å². The number of nitrogens with zero attached hydrogens (tertiary/aromatic N) is 3. The molecule has 5 heteroatoms. The molecular weight excluding hydrogens is 276 g/mol. The first-order valence-electron chi connectivity index (χ1n) is 8.97. The molecule has 0 aromatic rings. The summed E-state index contributed by atoms with van der Waals surface area (Å²) in [6.07, 6.45) is 7.93. The minimum Gasteiger partial charge on any atom is -0.393 e. The molecular formula is C17H34N4O. The molecule has 1 aliphatic rings. The molecule has 1 amide bonds. The van der Waals surface area contributed by atoms with Gasteiger partial charge in [0.25, 0.3) is 5.91 Å². The van der Waals surface area contributed by atoms with Crippen LogP contribution in [0.15, 0.2) is 11.4 Å². The SMILES string of the molecule is CCCCCCN1C(CCCC)=C(N)C(=O)N(CC)N1CC. The molecule has 0 fully saturated rings. The van der Waals surface area contributed by atoms with Gasteiger partial charge in [0.15, 0.2) is 0 Å². The predicted octanol–water partition coefficient (Wildman–Crippen LogP) is 3.24. The molecule has 0 aromatic heterocycles. The summed E-state index contributed by atoms with van der Waals surface area (Å²) < 4.78 is 0. The van der Waals surface area contributed by atoms with E-state index in [4.69, 9.17) is 5.73 Å². The van der Waals surface area contributed by atoms with Crippen molar-refractivity contribution in [2.24, 2.45) is 5.73 Å². The highest BCUT2D eigenvalue weighted by atomic mass is 16.2. The minimum atomic E-state index is -0.0414. The smallest absolute Gasteiger partial charge is 0.287 e. The van der Waals surface area contributed by atoms with Gasteiger partial charge >= 0.3 is 0 Å². The molecule has 0 aliphatic carbocycles. The summed E-state index contributed by atoms with van der Waals surface area (Å²) in [5.74, 6) is -0.0414. The molecule has 0 radical (unpaired) electrons. The third-order valence-electron chi connectivity index (χ3n) is 4.22. The number of carbonyl (C=O) groups is 1. The van der Waals surface area contributed by atoms with E-state index in [0.717, 1.165) is 44.5 Å². The Morgan fingerprint density at radius 3 is 2.09 bits per heavy atom. The van der Waals surface area contributed by atoms with Crippen LogP contribution in [0.2, 0.25) is 0 Å². The zero-order valence-electron chi connectivity index (χ0n) is 14.9. The standard InChI is InChI=1S/C17H34N4O/c1-5-9-11-12-14-20-15(13-10-6-2)16(18)17(22)19(7-3)21(20)8-4/h5-14,18H2,1-4H3. The summed E-state index contributed by atoms with van der Waals surface area (Å²) in [4.78, 5) is 12.5. The van der Waals surface area contributed by atoms with Crippen LogP contribution in [0.5, 0.6) is 0 Å². The van der Waals surface area contributed by atoms with Gasteiger partial charge in [-0.05, 0) is 33.1 Å².